The Balaban J connectivity index is 1.62. The lowest BCUT2D eigenvalue weighted by molar-refractivity contribution is -0.149. The lowest BCUT2D eigenvalue weighted by Gasteiger charge is -2.26. The van der Waals surface area contributed by atoms with Gasteiger partial charge in [0.1, 0.15) is 24.0 Å². The molecule has 3 heterocycles. The molecule has 0 saturated carbocycles. The minimum atomic E-state index is -4.29. The van der Waals surface area contributed by atoms with Crippen molar-refractivity contribution >= 4 is 53.9 Å². The molecule has 16 heteroatoms. The summed E-state index contributed by atoms with van der Waals surface area (Å²) in [5.74, 6) is 1.89. The third-order valence-electron chi connectivity index (χ3n) is 5.97. The molecule has 13 nitrogen and oxygen atoms in total. The number of fused-ring (bicyclic) bond motifs is 1. The zero-order valence-corrected chi connectivity index (χ0v) is 24.5. The molecular formula is C25H28Cl2N5O8P. The lowest BCUT2D eigenvalue weighted by atomic mass is 9.99. The third-order valence-corrected chi connectivity index (χ3v) is 8.21. The molecule has 1 saturated heterocycles. The van der Waals surface area contributed by atoms with Gasteiger partial charge in [-0.1, -0.05) is 35.7 Å². The fraction of sp³-hybridized carbons (Fsp3) is 0.400. The summed E-state index contributed by atoms with van der Waals surface area (Å²) < 4.78 is 37.7. The van der Waals surface area contributed by atoms with Gasteiger partial charge in [0.25, 0.3) is 5.56 Å². The van der Waals surface area contributed by atoms with Gasteiger partial charge < -0.3 is 29.4 Å². The van der Waals surface area contributed by atoms with Gasteiger partial charge in [0, 0.05) is 11.6 Å². The number of aromatic nitrogens is 3. The van der Waals surface area contributed by atoms with Crippen LogP contribution in [0.4, 0.5) is 5.95 Å². The number of halogens is 2. The summed E-state index contributed by atoms with van der Waals surface area (Å²) >= 11 is 12.5. The Morgan fingerprint density at radius 1 is 1.34 bits per heavy atom. The van der Waals surface area contributed by atoms with Crippen LogP contribution in [-0.4, -0.2) is 61.4 Å². The summed E-state index contributed by atoms with van der Waals surface area (Å²) in [7, 11) is -4.29. The number of carbonyl (C=O) groups excluding carboxylic acids is 1. The van der Waals surface area contributed by atoms with Crippen molar-refractivity contribution in [1.29, 1.82) is 0 Å². The molecule has 4 rings (SSSR count). The number of alkyl halides is 1. The second-order valence-electron chi connectivity index (χ2n) is 9.40. The highest BCUT2D eigenvalue weighted by Gasteiger charge is 2.56. The summed E-state index contributed by atoms with van der Waals surface area (Å²) in [6.45, 7) is 4.25. The van der Waals surface area contributed by atoms with E-state index in [0.717, 1.165) is 0 Å². The number of H-pyrrole nitrogens is 1. The molecule has 0 radical (unpaired) electrons. The number of hydrogen-bond donors (Lipinski definition) is 4. The van der Waals surface area contributed by atoms with Crippen LogP contribution in [0, 0.1) is 11.3 Å². The normalized spacial score (nSPS) is 24.4. The highest BCUT2D eigenvalue weighted by molar-refractivity contribution is 7.52. The molecule has 6 atom stereocenters. The average Bonchev–Trinajstić information content (AvgIpc) is 3.42. The van der Waals surface area contributed by atoms with Crippen molar-refractivity contribution in [3.63, 3.8) is 0 Å². The van der Waals surface area contributed by atoms with Crippen LogP contribution in [0.15, 0.2) is 47.4 Å². The van der Waals surface area contributed by atoms with Crippen LogP contribution >= 0.6 is 30.9 Å². The van der Waals surface area contributed by atoms with Gasteiger partial charge >= 0.3 is 13.7 Å². The molecule has 3 aromatic rings. The Labute approximate surface area is 244 Å². The number of benzene rings is 1. The third kappa shape index (κ3) is 6.71. The van der Waals surface area contributed by atoms with Gasteiger partial charge in [-0.2, -0.15) is 10.1 Å². The number of aromatic amines is 1. The monoisotopic (exact) mass is 627 g/mol. The summed E-state index contributed by atoms with van der Waals surface area (Å²) in [6, 6.07) is 8.51. The average molecular weight is 628 g/mol. The smallest absolute Gasteiger partial charge is 0.459 e. The zero-order valence-electron chi connectivity index (χ0n) is 22.1. The SMILES string of the molecule is CC(C)OC(=O)[C@H](C)NP(=O)(OC[C@H]1O[C@@H](n2ccc3c(=O)[nH]c(N)nc32)C(Cl)(C#CCl)[C@H]1O)Oc1ccccc1. The van der Waals surface area contributed by atoms with E-state index in [0.29, 0.717) is 0 Å². The van der Waals surface area contributed by atoms with Crippen molar-refractivity contribution in [2.24, 2.45) is 0 Å². The van der Waals surface area contributed by atoms with Gasteiger partial charge in [-0.05, 0) is 50.6 Å². The first-order chi connectivity index (χ1) is 19.4. The predicted molar refractivity (Wildman–Crippen MR) is 151 cm³/mol. The van der Waals surface area contributed by atoms with Gasteiger partial charge in [-0.15, -0.1) is 0 Å². The summed E-state index contributed by atoms with van der Waals surface area (Å²) in [5.41, 5.74) is 5.34. The number of nitrogen functional groups attached to an aromatic ring is 1. The Morgan fingerprint density at radius 3 is 2.71 bits per heavy atom. The quantitative estimate of drug-likeness (QED) is 0.112. The van der Waals surface area contributed by atoms with E-state index >= 15 is 0 Å². The number of para-hydroxylation sites is 1. The maximum Gasteiger partial charge on any atom is 0.459 e. The maximum atomic E-state index is 13.8. The Morgan fingerprint density at radius 2 is 2.05 bits per heavy atom. The zero-order chi connectivity index (χ0) is 29.9. The molecule has 220 valence electrons. The second-order valence-corrected chi connectivity index (χ2v) is 11.9. The summed E-state index contributed by atoms with van der Waals surface area (Å²) in [5, 5.41) is 16.1. The fourth-order valence-electron chi connectivity index (χ4n) is 4.12. The number of rotatable bonds is 10. The van der Waals surface area contributed by atoms with Crippen LogP contribution in [0.1, 0.15) is 27.0 Å². The number of nitrogens with two attached hydrogens (primary N) is 1. The summed E-state index contributed by atoms with van der Waals surface area (Å²) in [4.78, 5) is 29.4. The largest absolute Gasteiger partial charge is 0.462 e. The molecule has 0 bridgehead atoms. The van der Waals surface area contributed by atoms with Crippen molar-refractivity contribution in [2.75, 3.05) is 12.3 Å². The molecule has 0 spiro atoms. The molecule has 2 aromatic heterocycles. The number of carbonyl (C=O) groups is 1. The Hall–Kier alpha value is -3.08. The van der Waals surface area contributed by atoms with Crippen LogP contribution in [0.5, 0.6) is 5.75 Å². The first kappa shape index (κ1) is 30.9. The molecule has 1 aliphatic rings. The number of aliphatic hydroxyl groups is 1. The first-order valence-electron chi connectivity index (χ1n) is 12.4. The van der Waals surface area contributed by atoms with Crippen LogP contribution in [-0.2, 0) is 23.4 Å². The molecule has 5 N–H and O–H groups in total. The highest BCUT2D eigenvalue weighted by Crippen LogP contribution is 2.48. The predicted octanol–water partition coefficient (Wildman–Crippen LogP) is 2.88. The van der Waals surface area contributed by atoms with Crippen LogP contribution < -0.4 is 20.9 Å². The highest BCUT2D eigenvalue weighted by atomic mass is 35.5. The van der Waals surface area contributed by atoms with Crippen molar-refractivity contribution in [3.05, 3.63) is 52.9 Å². The first-order valence-corrected chi connectivity index (χ1v) is 14.7. The number of hydrogen-bond acceptors (Lipinski definition) is 10. The van der Waals surface area contributed by atoms with E-state index in [-0.39, 0.29) is 22.7 Å². The van der Waals surface area contributed by atoms with E-state index in [9.17, 15) is 19.3 Å². The Kier molecular flexibility index (Phi) is 9.35. The number of nitrogens with one attached hydrogen (secondary N) is 2. The number of aliphatic hydroxyl groups excluding tert-OH is 1. The van der Waals surface area contributed by atoms with Gasteiger partial charge in [-0.3, -0.25) is 19.1 Å². The molecule has 1 aromatic carbocycles. The molecule has 2 unspecified atom stereocenters. The van der Waals surface area contributed by atoms with E-state index in [1.807, 2.05) is 0 Å². The second kappa shape index (κ2) is 12.4. The molecule has 0 amide bonds. The lowest BCUT2D eigenvalue weighted by Crippen LogP contribution is -2.42. The van der Waals surface area contributed by atoms with Crippen LogP contribution in [0.3, 0.4) is 0 Å². The van der Waals surface area contributed by atoms with Crippen molar-refractivity contribution in [3.8, 4) is 17.0 Å². The van der Waals surface area contributed by atoms with E-state index in [1.165, 1.54) is 23.8 Å². The van der Waals surface area contributed by atoms with E-state index < -0.39 is 61.3 Å². The molecule has 1 aliphatic heterocycles. The van der Waals surface area contributed by atoms with Crippen molar-refractivity contribution < 1.29 is 33.0 Å². The molecule has 1 fully saturated rings. The van der Waals surface area contributed by atoms with Gasteiger partial charge in [0.2, 0.25) is 5.95 Å². The molecular weight excluding hydrogens is 600 g/mol. The van der Waals surface area contributed by atoms with E-state index in [4.69, 9.17) is 47.5 Å². The van der Waals surface area contributed by atoms with Gasteiger partial charge in [0.05, 0.1) is 18.1 Å². The van der Waals surface area contributed by atoms with E-state index in [1.54, 1.807) is 44.2 Å². The van der Waals surface area contributed by atoms with Crippen molar-refractivity contribution in [1.82, 2.24) is 19.6 Å². The molecule has 0 aliphatic carbocycles. The summed E-state index contributed by atoms with van der Waals surface area (Å²) in [6.07, 6.45) is -2.98. The van der Waals surface area contributed by atoms with Crippen LogP contribution in [0.25, 0.3) is 11.0 Å². The number of esters is 1. The van der Waals surface area contributed by atoms with Gasteiger partial charge in [0.15, 0.2) is 16.7 Å². The minimum Gasteiger partial charge on any atom is -0.462 e. The van der Waals surface area contributed by atoms with Crippen molar-refractivity contribution in [2.45, 2.75) is 56.2 Å². The topological polar surface area (TPSA) is 180 Å². The number of nitrogens with zero attached hydrogens (tertiary/aromatic N) is 2. The Bertz CT molecular complexity index is 1570. The van der Waals surface area contributed by atoms with Crippen LogP contribution in [0.2, 0.25) is 0 Å². The van der Waals surface area contributed by atoms with E-state index in [2.05, 4.69) is 26.4 Å². The standard InChI is InChI=1S/C25H28Cl2N5O8P/c1-14(2)38-22(35)15(3)31-41(36,40-16-7-5-4-6-8-16)37-13-18-19(33)25(27,10-11-26)23(39-18)32-12-9-17-20(32)29-24(28)30-21(17)34/h4-9,12,14-15,18-19,23,33H,13H2,1-3H3,(H,31,36)(H3,28,29,30,34)/t15-,18+,19-,23+,25?,41?/m0/s1. The number of ether oxygens (including phenoxy) is 2. The minimum absolute atomic E-state index is 0.114. The fourth-order valence-corrected chi connectivity index (χ4v) is 6.17. The molecule has 41 heavy (non-hydrogen) atoms. The number of anilines is 1. The maximum absolute atomic E-state index is 13.8. The van der Waals surface area contributed by atoms with Gasteiger partial charge in [-0.25, -0.2) is 4.57 Å².